The maximum atomic E-state index is 6.01. The van der Waals surface area contributed by atoms with Crippen LogP contribution in [0.25, 0.3) is 6.08 Å². The third kappa shape index (κ3) is 1.39. The second-order valence-corrected chi connectivity index (χ2v) is 10.1. The molecule has 1 unspecified atom stereocenters. The van der Waals surface area contributed by atoms with Crippen LogP contribution in [0.3, 0.4) is 0 Å². The first-order valence-electron chi connectivity index (χ1n) is 3.75. The van der Waals surface area contributed by atoms with E-state index in [9.17, 15) is 0 Å². The number of benzene rings is 1. The monoisotopic (exact) mass is 352 g/mol. The van der Waals surface area contributed by atoms with Gasteiger partial charge in [0.05, 0.1) is 0 Å². The van der Waals surface area contributed by atoms with Gasteiger partial charge in [-0.15, -0.1) is 0 Å². The van der Waals surface area contributed by atoms with Gasteiger partial charge in [0, 0.05) is 0 Å². The molecule has 2 heteroatoms. The first-order chi connectivity index (χ1) is 5.42. The zero-order valence-corrected chi connectivity index (χ0v) is 12.4. The summed E-state index contributed by atoms with van der Waals surface area (Å²) in [7, 11) is 6.01. The summed E-state index contributed by atoms with van der Waals surface area (Å²) in [5.74, 6) is 0. The van der Waals surface area contributed by atoms with Crippen molar-refractivity contribution in [3.05, 3.63) is 41.5 Å². The van der Waals surface area contributed by atoms with Gasteiger partial charge in [0.15, 0.2) is 0 Å². The van der Waals surface area contributed by atoms with Crippen LogP contribution in [0.15, 0.2) is 30.3 Å². The SMILES string of the molecule is [Cl][Hg][CH]1C=Cc2ccccc21. The van der Waals surface area contributed by atoms with Crippen molar-refractivity contribution in [2.45, 2.75) is 3.43 Å². The molecule has 11 heavy (non-hydrogen) atoms. The van der Waals surface area contributed by atoms with Gasteiger partial charge in [0.2, 0.25) is 0 Å². The summed E-state index contributed by atoms with van der Waals surface area (Å²) in [6.45, 7) is 0. The third-order valence-corrected chi connectivity index (χ3v) is 9.05. The second-order valence-electron chi connectivity index (χ2n) is 2.75. The van der Waals surface area contributed by atoms with Crippen molar-refractivity contribution in [2.24, 2.45) is 0 Å². The molecule has 2 rings (SSSR count). The minimum atomic E-state index is -1.11. The van der Waals surface area contributed by atoms with Gasteiger partial charge >= 0.3 is 82.6 Å². The molecule has 0 saturated heterocycles. The van der Waals surface area contributed by atoms with Gasteiger partial charge in [-0.2, -0.15) is 0 Å². The molecule has 0 fully saturated rings. The Bertz CT molecular complexity index is 293. The van der Waals surface area contributed by atoms with Crippen molar-refractivity contribution < 1.29 is 23.3 Å². The summed E-state index contributed by atoms with van der Waals surface area (Å²) in [6, 6.07) is 8.53. The van der Waals surface area contributed by atoms with Crippen LogP contribution < -0.4 is 0 Å². The normalized spacial score (nSPS) is 19.5. The molecule has 0 bridgehead atoms. The summed E-state index contributed by atoms with van der Waals surface area (Å²) >= 11 is -1.11. The first-order valence-corrected chi connectivity index (χ1v) is 13.7. The predicted octanol–water partition coefficient (Wildman–Crippen LogP) is 2.99. The average Bonchev–Trinajstić information content (AvgIpc) is 2.47. The van der Waals surface area contributed by atoms with Gasteiger partial charge in [-0.05, 0) is 0 Å². The van der Waals surface area contributed by atoms with E-state index in [0.29, 0.717) is 3.43 Å². The molecule has 0 N–H and O–H groups in total. The molecule has 1 aliphatic carbocycles. The summed E-state index contributed by atoms with van der Waals surface area (Å²) in [5, 5.41) is 0. The number of fused-ring (bicyclic) bond motifs is 1. The molecule has 0 heterocycles. The molecule has 0 radical (unpaired) electrons. The van der Waals surface area contributed by atoms with E-state index in [0.717, 1.165) is 0 Å². The molecule has 52 valence electrons. The Kier molecular flexibility index (Phi) is 2.33. The van der Waals surface area contributed by atoms with Crippen molar-refractivity contribution in [3.63, 3.8) is 0 Å². The summed E-state index contributed by atoms with van der Waals surface area (Å²) in [6.07, 6.45) is 4.46. The molecule has 0 spiro atoms. The molecule has 0 saturated carbocycles. The Balaban J connectivity index is 2.46. The Morgan fingerprint density at radius 3 is 2.91 bits per heavy atom. The number of hydrogen-bond acceptors (Lipinski definition) is 0. The quantitative estimate of drug-likeness (QED) is 0.683. The van der Waals surface area contributed by atoms with E-state index in [1.807, 2.05) is 0 Å². The molecule has 1 aromatic carbocycles. The van der Waals surface area contributed by atoms with Crippen molar-refractivity contribution in [1.29, 1.82) is 0 Å². The van der Waals surface area contributed by atoms with E-state index in [1.54, 1.807) is 0 Å². The average molecular weight is 351 g/mol. The van der Waals surface area contributed by atoms with Crippen molar-refractivity contribution in [2.75, 3.05) is 0 Å². The Labute approximate surface area is 82.1 Å². The zero-order valence-electron chi connectivity index (χ0n) is 6.13. The van der Waals surface area contributed by atoms with Crippen LogP contribution in [-0.4, -0.2) is 0 Å². The van der Waals surface area contributed by atoms with Crippen molar-refractivity contribution in [3.8, 4) is 0 Å². The van der Waals surface area contributed by atoms with Gasteiger partial charge in [-0.1, -0.05) is 0 Å². The summed E-state index contributed by atoms with van der Waals surface area (Å²) < 4.78 is 0.660. The van der Waals surface area contributed by atoms with Gasteiger partial charge < -0.3 is 0 Å². The number of halogens is 1. The number of allylic oxidation sites excluding steroid dienone is 1. The van der Waals surface area contributed by atoms with Crippen LogP contribution in [0.1, 0.15) is 14.6 Å². The van der Waals surface area contributed by atoms with E-state index in [1.165, 1.54) is 11.1 Å². The molecule has 1 aliphatic rings. The standard InChI is InChI=1S/C9H7.ClH.Hg/c1-2-5-9-7-3-6-8(9)4-1;;/h1-7H;1H;/q;;+1/p-1. The van der Waals surface area contributed by atoms with Crippen LogP contribution in [-0.2, 0) is 23.3 Å². The third-order valence-electron chi connectivity index (χ3n) is 2.07. The van der Waals surface area contributed by atoms with E-state index in [2.05, 4.69) is 36.4 Å². The van der Waals surface area contributed by atoms with Crippen LogP contribution >= 0.6 is 8.25 Å². The summed E-state index contributed by atoms with van der Waals surface area (Å²) in [5.41, 5.74) is 2.84. The first kappa shape index (κ1) is 7.81. The molecular weight excluding hydrogens is 344 g/mol. The van der Waals surface area contributed by atoms with Gasteiger partial charge in [0.25, 0.3) is 0 Å². The fourth-order valence-corrected chi connectivity index (χ4v) is 6.84. The Morgan fingerprint density at radius 1 is 1.27 bits per heavy atom. The fourth-order valence-electron chi connectivity index (χ4n) is 1.46. The molecule has 1 atom stereocenters. The van der Waals surface area contributed by atoms with Gasteiger partial charge in [-0.25, -0.2) is 0 Å². The number of hydrogen-bond donors (Lipinski definition) is 0. The predicted molar refractivity (Wildman–Crippen MR) is 44.1 cm³/mol. The minimum absolute atomic E-state index is 0.660. The summed E-state index contributed by atoms with van der Waals surface area (Å²) in [4.78, 5) is 0. The number of rotatable bonds is 1. The van der Waals surface area contributed by atoms with Crippen LogP contribution in [0.4, 0.5) is 0 Å². The van der Waals surface area contributed by atoms with Gasteiger partial charge in [-0.3, -0.25) is 0 Å². The topological polar surface area (TPSA) is 0 Å². The van der Waals surface area contributed by atoms with Crippen molar-refractivity contribution in [1.82, 2.24) is 0 Å². The van der Waals surface area contributed by atoms with Crippen LogP contribution in [0.2, 0.25) is 0 Å². The Hall–Kier alpha value is 0.185. The van der Waals surface area contributed by atoms with Crippen molar-refractivity contribution >= 4 is 14.3 Å². The zero-order chi connectivity index (χ0) is 7.68. The van der Waals surface area contributed by atoms with Crippen LogP contribution in [0.5, 0.6) is 0 Å². The fraction of sp³-hybridized carbons (Fsp3) is 0.111. The molecule has 0 aromatic heterocycles. The molecular formula is C9H7ClHg. The molecule has 0 aliphatic heterocycles. The van der Waals surface area contributed by atoms with E-state index < -0.39 is 23.3 Å². The van der Waals surface area contributed by atoms with E-state index >= 15 is 0 Å². The van der Waals surface area contributed by atoms with E-state index in [-0.39, 0.29) is 0 Å². The molecule has 1 aromatic rings. The second kappa shape index (κ2) is 3.28. The van der Waals surface area contributed by atoms with Gasteiger partial charge in [0.1, 0.15) is 0 Å². The van der Waals surface area contributed by atoms with Crippen LogP contribution in [0, 0.1) is 0 Å². The Morgan fingerprint density at radius 2 is 2.09 bits per heavy atom. The molecule has 0 nitrogen and oxygen atoms in total. The van der Waals surface area contributed by atoms with E-state index in [4.69, 9.17) is 8.25 Å². The maximum absolute atomic E-state index is 6.01. The molecule has 0 amide bonds.